The van der Waals surface area contributed by atoms with E-state index in [1.807, 2.05) is 0 Å². The molecule has 2 N–H and O–H groups in total. The summed E-state index contributed by atoms with van der Waals surface area (Å²) in [7, 11) is 0. The molecule has 1 saturated heterocycles. The van der Waals surface area contributed by atoms with Gasteiger partial charge < -0.3 is 10.6 Å². The molecule has 88 valence electrons. The molecule has 0 amide bonds. The van der Waals surface area contributed by atoms with Crippen molar-refractivity contribution < 1.29 is 0 Å². The van der Waals surface area contributed by atoms with Crippen molar-refractivity contribution in [2.24, 2.45) is 11.8 Å². The second kappa shape index (κ2) is 5.31. The van der Waals surface area contributed by atoms with Gasteiger partial charge in [0.25, 0.3) is 0 Å². The molecule has 1 aliphatic carbocycles. The molecule has 4 unspecified atom stereocenters. The molecular weight excluding hydrogens is 184 g/mol. The highest BCUT2D eigenvalue weighted by atomic mass is 15.0. The van der Waals surface area contributed by atoms with Gasteiger partial charge in [0, 0.05) is 18.6 Å². The summed E-state index contributed by atoms with van der Waals surface area (Å²) in [6.45, 7) is 7.18. The van der Waals surface area contributed by atoms with Crippen molar-refractivity contribution >= 4 is 0 Å². The molecule has 2 rings (SSSR count). The predicted octanol–water partition coefficient (Wildman–Crippen LogP) is 2.15. The molecule has 1 saturated carbocycles. The van der Waals surface area contributed by atoms with E-state index in [-0.39, 0.29) is 0 Å². The topological polar surface area (TPSA) is 24.1 Å². The van der Waals surface area contributed by atoms with Crippen LogP contribution in [0.2, 0.25) is 0 Å². The predicted molar refractivity (Wildman–Crippen MR) is 65.0 cm³/mol. The minimum Gasteiger partial charge on any atom is -0.313 e. The lowest BCUT2D eigenvalue weighted by molar-refractivity contribution is 0.337. The second-order valence-corrected chi connectivity index (χ2v) is 5.41. The number of hydrogen-bond acceptors (Lipinski definition) is 2. The number of nitrogens with one attached hydrogen (secondary N) is 2. The van der Waals surface area contributed by atoms with E-state index >= 15 is 0 Å². The number of rotatable bonds is 4. The van der Waals surface area contributed by atoms with E-state index in [2.05, 4.69) is 24.5 Å². The normalized spacial score (nSPS) is 41.2. The lowest BCUT2D eigenvalue weighted by Crippen LogP contribution is -2.41. The number of hydrogen-bond donors (Lipinski definition) is 2. The van der Waals surface area contributed by atoms with Gasteiger partial charge in [0.15, 0.2) is 0 Å². The Labute approximate surface area is 94.2 Å². The Balaban J connectivity index is 1.70. The molecule has 0 aromatic heterocycles. The Bertz CT molecular complexity index is 187. The summed E-state index contributed by atoms with van der Waals surface area (Å²) in [4.78, 5) is 0. The molecular formula is C13H26N2. The van der Waals surface area contributed by atoms with Crippen LogP contribution in [0.4, 0.5) is 0 Å². The van der Waals surface area contributed by atoms with Crippen molar-refractivity contribution in [3.63, 3.8) is 0 Å². The van der Waals surface area contributed by atoms with Crippen molar-refractivity contribution in [3.8, 4) is 0 Å². The van der Waals surface area contributed by atoms with Gasteiger partial charge in [0.2, 0.25) is 0 Å². The fourth-order valence-corrected chi connectivity index (χ4v) is 3.34. The van der Waals surface area contributed by atoms with E-state index in [1.54, 1.807) is 0 Å². The Morgan fingerprint density at radius 3 is 2.73 bits per heavy atom. The Kier molecular flexibility index (Phi) is 4.04. The third-order valence-electron chi connectivity index (χ3n) is 4.54. The van der Waals surface area contributed by atoms with Gasteiger partial charge in [-0.1, -0.05) is 20.3 Å². The van der Waals surface area contributed by atoms with Gasteiger partial charge in [-0.05, 0) is 44.1 Å². The molecule has 2 aliphatic rings. The molecule has 1 aliphatic heterocycles. The van der Waals surface area contributed by atoms with Crippen molar-refractivity contribution in [2.75, 3.05) is 13.1 Å². The zero-order valence-electron chi connectivity index (χ0n) is 10.3. The van der Waals surface area contributed by atoms with Gasteiger partial charge in [-0.3, -0.25) is 0 Å². The smallest absolute Gasteiger partial charge is 0.0193 e. The van der Waals surface area contributed by atoms with Gasteiger partial charge in [-0.15, -0.1) is 0 Å². The van der Waals surface area contributed by atoms with Crippen LogP contribution in [0.25, 0.3) is 0 Å². The van der Waals surface area contributed by atoms with Crippen LogP contribution in [0.15, 0.2) is 0 Å². The summed E-state index contributed by atoms with van der Waals surface area (Å²) >= 11 is 0. The largest absolute Gasteiger partial charge is 0.313 e. The van der Waals surface area contributed by atoms with E-state index in [4.69, 9.17) is 0 Å². The highest BCUT2D eigenvalue weighted by Gasteiger charge is 2.31. The maximum Gasteiger partial charge on any atom is 0.0193 e. The van der Waals surface area contributed by atoms with Crippen LogP contribution in [0.3, 0.4) is 0 Å². The van der Waals surface area contributed by atoms with Gasteiger partial charge in [-0.2, -0.15) is 0 Å². The van der Waals surface area contributed by atoms with Gasteiger partial charge in [0.05, 0.1) is 0 Å². The summed E-state index contributed by atoms with van der Waals surface area (Å²) in [5.41, 5.74) is 0. The Morgan fingerprint density at radius 2 is 2.13 bits per heavy atom. The zero-order valence-corrected chi connectivity index (χ0v) is 10.3. The summed E-state index contributed by atoms with van der Waals surface area (Å²) in [6.07, 6.45) is 6.93. The molecule has 1 heterocycles. The van der Waals surface area contributed by atoms with E-state index < -0.39 is 0 Å². The summed E-state index contributed by atoms with van der Waals surface area (Å²) in [5.74, 6) is 1.86. The van der Waals surface area contributed by atoms with Gasteiger partial charge in [0.1, 0.15) is 0 Å². The summed E-state index contributed by atoms with van der Waals surface area (Å²) < 4.78 is 0. The van der Waals surface area contributed by atoms with E-state index in [0.29, 0.717) is 0 Å². The third kappa shape index (κ3) is 2.73. The van der Waals surface area contributed by atoms with E-state index in [1.165, 1.54) is 45.2 Å². The van der Waals surface area contributed by atoms with Crippen LogP contribution >= 0.6 is 0 Å². The first-order chi connectivity index (χ1) is 7.31. The zero-order chi connectivity index (χ0) is 10.7. The van der Waals surface area contributed by atoms with Gasteiger partial charge >= 0.3 is 0 Å². The van der Waals surface area contributed by atoms with Crippen molar-refractivity contribution in [3.05, 3.63) is 0 Å². The van der Waals surface area contributed by atoms with E-state index in [9.17, 15) is 0 Å². The Morgan fingerprint density at radius 1 is 1.27 bits per heavy atom. The quantitative estimate of drug-likeness (QED) is 0.743. The fraction of sp³-hybridized carbons (Fsp3) is 1.00. The molecule has 2 heteroatoms. The average Bonchev–Trinajstić information content (AvgIpc) is 2.85. The molecule has 15 heavy (non-hydrogen) atoms. The average molecular weight is 210 g/mol. The first-order valence-corrected chi connectivity index (χ1v) is 6.78. The fourth-order valence-electron chi connectivity index (χ4n) is 3.34. The molecule has 2 fully saturated rings. The molecule has 0 spiro atoms. The van der Waals surface area contributed by atoms with Crippen molar-refractivity contribution in [1.29, 1.82) is 0 Å². The summed E-state index contributed by atoms with van der Waals surface area (Å²) in [5, 5.41) is 7.33. The molecule has 4 atom stereocenters. The van der Waals surface area contributed by atoms with Crippen molar-refractivity contribution in [2.45, 2.75) is 58.0 Å². The van der Waals surface area contributed by atoms with Crippen LogP contribution in [-0.4, -0.2) is 25.2 Å². The van der Waals surface area contributed by atoms with Crippen LogP contribution in [0, 0.1) is 11.8 Å². The molecule has 0 aromatic carbocycles. The monoisotopic (exact) mass is 210 g/mol. The van der Waals surface area contributed by atoms with Crippen LogP contribution in [-0.2, 0) is 0 Å². The first kappa shape index (κ1) is 11.4. The van der Waals surface area contributed by atoms with Crippen LogP contribution < -0.4 is 10.6 Å². The first-order valence-electron chi connectivity index (χ1n) is 6.78. The maximum absolute atomic E-state index is 3.78. The van der Waals surface area contributed by atoms with Crippen molar-refractivity contribution in [1.82, 2.24) is 10.6 Å². The van der Waals surface area contributed by atoms with Crippen LogP contribution in [0.5, 0.6) is 0 Å². The molecule has 2 nitrogen and oxygen atoms in total. The lowest BCUT2D eigenvalue weighted by Gasteiger charge is -2.22. The third-order valence-corrected chi connectivity index (χ3v) is 4.54. The highest BCUT2D eigenvalue weighted by molar-refractivity contribution is 4.88. The van der Waals surface area contributed by atoms with E-state index in [0.717, 1.165) is 23.9 Å². The lowest BCUT2D eigenvalue weighted by atomic mass is 9.93. The SMILES string of the molecule is CCC1CCC(NCC2CCCN2)C1C. The Hall–Kier alpha value is -0.0800. The van der Waals surface area contributed by atoms with Gasteiger partial charge in [-0.25, -0.2) is 0 Å². The molecule has 0 radical (unpaired) electrons. The maximum atomic E-state index is 3.78. The second-order valence-electron chi connectivity index (χ2n) is 5.41. The summed E-state index contributed by atoms with van der Waals surface area (Å²) in [6, 6.07) is 1.54. The molecule has 0 aromatic rings. The minimum absolute atomic E-state index is 0.748. The minimum atomic E-state index is 0.748. The molecule has 0 bridgehead atoms. The standard InChI is InChI=1S/C13H26N2/c1-3-11-6-7-13(10(11)2)15-9-12-5-4-8-14-12/h10-15H,3-9H2,1-2H3. The highest BCUT2D eigenvalue weighted by Crippen LogP contribution is 2.33. The van der Waals surface area contributed by atoms with Crippen LogP contribution in [0.1, 0.15) is 46.0 Å².